The summed E-state index contributed by atoms with van der Waals surface area (Å²) in [5.41, 5.74) is 8.03. The first-order valence-corrected chi connectivity index (χ1v) is 17.2. The summed E-state index contributed by atoms with van der Waals surface area (Å²) in [6.45, 7) is 18.5. The summed E-state index contributed by atoms with van der Waals surface area (Å²) in [4.78, 5) is 23.9. The van der Waals surface area contributed by atoms with Gasteiger partial charge in [0.25, 0.3) is 10.9 Å². The molecule has 0 aliphatic carbocycles. The maximum atomic E-state index is 5.95. The third-order valence-electron chi connectivity index (χ3n) is 8.76. The Bertz CT molecular complexity index is 2080. The molecule has 10 nitrogen and oxygen atoms in total. The van der Waals surface area contributed by atoms with Gasteiger partial charge in [-0.3, -0.25) is 0 Å². The summed E-state index contributed by atoms with van der Waals surface area (Å²) in [7, 11) is 0. The van der Waals surface area contributed by atoms with Gasteiger partial charge in [-0.1, -0.05) is 26.0 Å². The molecule has 4 aromatic heterocycles. The van der Waals surface area contributed by atoms with Crippen LogP contribution in [0, 0.1) is 44.7 Å². The maximum Gasteiger partial charge on any atom is 0.284 e. The van der Waals surface area contributed by atoms with Crippen LogP contribution in [0.25, 0.3) is 22.2 Å². The molecule has 2 aliphatic heterocycles. The summed E-state index contributed by atoms with van der Waals surface area (Å²) in [5, 5.41) is 3.43. The monoisotopic (exact) mass is 854 g/mol. The molecule has 51 heavy (non-hydrogen) atoms. The molecule has 2 aromatic carbocycles. The second-order valence-corrected chi connectivity index (χ2v) is 13.2. The van der Waals surface area contributed by atoms with Crippen molar-refractivity contribution >= 4 is 52.1 Å². The minimum absolute atomic E-state index is 0. The first-order valence-electron chi connectivity index (χ1n) is 16.8. The van der Waals surface area contributed by atoms with Gasteiger partial charge in [0, 0.05) is 146 Å². The van der Waals surface area contributed by atoms with Gasteiger partial charge in [-0.05, 0) is 68.7 Å². The number of aryl methyl sites for hydroxylation is 4. The van der Waals surface area contributed by atoms with Crippen molar-refractivity contribution in [1.29, 1.82) is 0 Å². The zero-order valence-electron chi connectivity index (χ0n) is 30.2. The SMILES string of the molecule is Cc1[c-]cc2oc(=S)[nH]c2c1.Cc1[c-]cc2oc(N3CCN(c4ncccc4C)CC3C)nc2c1.Cc1cccnc1N1CCNC(C)C1.[Y].[Y]. The van der Waals surface area contributed by atoms with Gasteiger partial charge in [-0.15, -0.1) is 24.3 Å². The molecule has 6 aromatic rings. The minimum Gasteiger partial charge on any atom is -0.494 e. The molecular formula is C38H44N8O2SY2-2. The molecule has 2 unspecified atom stereocenters. The van der Waals surface area contributed by atoms with E-state index in [0.29, 0.717) is 22.9 Å². The van der Waals surface area contributed by atoms with Gasteiger partial charge in [0.1, 0.15) is 11.6 Å². The first kappa shape index (κ1) is 41.2. The number of hydrogen-bond acceptors (Lipinski definition) is 10. The van der Waals surface area contributed by atoms with Crippen LogP contribution in [0.5, 0.6) is 0 Å². The van der Waals surface area contributed by atoms with Crippen molar-refractivity contribution < 1.29 is 74.3 Å². The summed E-state index contributed by atoms with van der Waals surface area (Å²) in [6, 6.07) is 23.6. The molecular weight excluding hydrogens is 810 g/mol. The Morgan fingerprint density at radius 3 is 2.06 bits per heavy atom. The van der Waals surface area contributed by atoms with Gasteiger partial charge in [-0.2, -0.15) is 23.3 Å². The second-order valence-electron chi connectivity index (χ2n) is 12.8. The zero-order chi connectivity index (χ0) is 34.5. The number of benzene rings is 2. The van der Waals surface area contributed by atoms with Crippen molar-refractivity contribution in [3.05, 3.63) is 100 Å². The van der Waals surface area contributed by atoms with Gasteiger partial charge in [-0.25, -0.2) is 15.0 Å². The number of fused-ring (bicyclic) bond motifs is 2. The van der Waals surface area contributed by atoms with Crippen molar-refractivity contribution in [2.45, 2.75) is 53.6 Å². The molecule has 0 saturated carbocycles. The smallest absolute Gasteiger partial charge is 0.284 e. The van der Waals surface area contributed by atoms with Crippen molar-refractivity contribution in [1.82, 2.24) is 25.3 Å². The van der Waals surface area contributed by atoms with E-state index in [-0.39, 0.29) is 65.4 Å². The fourth-order valence-electron chi connectivity index (χ4n) is 6.27. The van der Waals surface area contributed by atoms with E-state index in [1.807, 2.05) is 56.6 Å². The van der Waals surface area contributed by atoms with Gasteiger partial charge in [0.15, 0.2) is 0 Å². The first-order chi connectivity index (χ1) is 23.6. The molecule has 262 valence electrons. The quantitative estimate of drug-likeness (QED) is 0.141. The maximum absolute atomic E-state index is 5.95. The molecule has 13 heteroatoms. The minimum atomic E-state index is 0. The molecule has 0 bridgehead atoms. The summed E-state index contributed by atoms with van der Waals surface area (Å²) >= 11 is 4.82. The predicted molar refractivity (Wildman–Crippen MR) is 199 cm³/mol. The van der Waals surface area contributed by atoms with E-state index < -0.39 is 0 Å². The number of H-pyrrole nitrogens is 1. The molecule has 6 heterocycles. The number of hydrogen-bond donors (Lipinski definition) is 2. The molecule has 0 amide bonds. The Labute approximate surface area is 355 Å². The molecule has 0 spiro atoms. The Balaban J connectivity index is 0.000000184. The van der Waals surface area contributed by atoms with Crippen LogP contribution >= 0.6 is 12.2 Å². The Hall–Kier alpha value is -2.53. The van der Waals surface area contributed by atoms with Crippen LogP contribution in [-0.4, -0.2) is 71.3 Å². The normalized spacial score (nSPS) is 17.1. The van der Waals surface area contributed by atoms with Crippen LogP contribution in [0.3, 0.4) is 0 Å². The fraction of sp³-hybridized carbons (Fsp3) is 0.368. The van der Waals surface area contributed by atoms with Crippen molar-refractivity contribution in [3.8, 4) is 0 Å². The molecule has 2 fully saturated rings. The Morgan fingerprint density at radius 1 is 0.804 bits per heavy atom. The van der Waals surface area contributed by atoms with Gasteiger partial charge in [0.05, 0.1) is 0 Å². The second kappa shape index (κ2) is 19.0. The van der Waals surface area contributed by atoms with E-state index in [4.69, 9.17) is 21.1 Å². The average molecular weight is 855 g/mol. The number of nitrogens with zero attached hydrogens (tertiary/aromatic N) is 6. The standard InChI is InChI=1S/C19H21N4O.C11H17N3.C8H6NOS.2Y/c1-13-6-7-17-16(11-13)21-19(24-17)23-10-9-22(12-15(23)3)18-14(2)5-4-8-20-18;1-9-4-3-5-13-11(9)14-7-6-12-10(2)8-14;1-5-2-3-7-6(4-5)9-8(11)10-7;;/h4-5,7-8,11,15H,9-10,12H2,1-3H3;3-5,10,12H,6-8H2,1-2H3;3-4H,1H3,(H,9,11);;/q-1;;-1;;. The summed E-state index contributed by atoms with van der Waals surface area (Å²) in [6.07, 6.45) is 3.73. The third kappa shape index (κ3) is 10.5. The number of pyridine rings is 2. The third-order valence-corrected chi connectivity index (χ3v) is 8.94. The average Bonchev–Trinajstić information content (AvgIpc) is 3.67. The topological polar surface area (TPSA) is 102 Å². The number of piperazine rings is 2. The molecule has 2 radical (unpaired) electrons. The van der Waals surface area contributed by atoms with Gasteiger partial charge in [0.2, 0.25) is 0 Å². The summed E-state index contributed by atoms with van der Waals surface area (Å²) < 4.78 is 11.1. The Kier molecular flexibility index (Phi) is 15.4. The van der Waals surface area contributed by atoms with Gasteiger partial charge >= 0.3 is 0 Å². The van der Waals surface area contributed by atoms with E-state index >= 15 is 0 Å². The van der Waals surface area contributed by atoms with Crippen molar-refractivity contribution in [2.24, 2.45) is 0 Å². The number of rotatable bonds is 3. The van der Waals surface area contributed by atoms with Crippen molar-refractivity contribution in [2.75, 3.05) is 54.0 Å². The van der Waals surface area contributed by atoms with E-state index in [1.165, 1.54) is 11.1 Å². The zero-order valence-corrected chi connectivity index (χ0v) is 36.7. The van der Waals surface area contributed by atoms with Gasteiger partial charge < -0.3 is 33.8 Å². The molecule has 2 aliphatic rings. The van der Waals surface area contributed by atoms with Crippen LogP contribution in [0.15, 0.2) is 69.8 Å². The molecule has 2 N–H and O–H groups in total. The largest absolute Gasteiger partial charge is 0.494 e. The number of anilines is 3. The summed E-state index contributed by atoms with van der Waals surface area (Å²) in [5.74, 6) is 2.22. The van der Waals surface area contributed by atoms with Crippen LogP contribution < -0.4 is 20.0 Å². The van der Waals surface area contributed by atoms with Crippen LogP contribution in [0.1, 0.15) is 36.1 Å². The fourth-order valence-corrected chi connectivity index (χ4v) is 6.47. The van der Waals surface area contributed by atoms with E-state index in [9.17, 15) is 0 Å². The Morgan fingerprint density at radius 2 is 1.43 bits per heavy atom. The number of aromatic nitrogens is 4. The van der Waals surface area contributed by atoms with Crippen molar-refractivity contribution in [3.63, 3.8) is 0 Å². The predicted octanol–water partition coefficient (Wildman–Crippen LogP) is 7.14. The van der Waals surface area contributed by atoms with E-state index in [0.717, 1.165) is 84.2 Å². The number of nitrogens with one attached hydrogen (secondary N) is 2. The number of aromatic amines is 1. The van der Waals surface area contributed by atoms with Crippen LogP contribution in [0.4, 0.5) is 17.7 Å². The molecule has 8 rings (SSSR count). The van der Waals surface area contributed by atoms with E-state index in [1.54, 1.807) is 6.07 Å². The van der Waals surface area contributed by atoms with Crippen LogP contribution in [-0.2, 0) is 65.4 Å². The number of oxazole rings is 2. The molecule has 2 atom stereocenters. The van der Waals surface area contributed by atoms with Crippen LogP contribution in [0.2, 0.25) is 0 Å². The van der Waals surface area contributed by atoms with E-state index in [2.05, 4.69) is 91.9 Å². The molecule has 2 saturated heterocycles.